The normalized spacial score (nSPS) is 12.7. The molecule has 12 heteroatoms. The van der Waals surface area contributed by atoms with Crippen LogP contribution in [0.4, 0.5) is 17.6 Å². The number of hydrogen-bond acceptors (Lipinski definition) is 5. The van der Waals surface area contributed by atoms with Crippen LogP contribution in [0.2, 0.25) is 0 Å². The van der Waals surface area contributed by atoms with Crippen molar-refractivity contribution in [2.45, 2.75) is 31.8 Å². The number of aromatic nitrogens is 1. The fourth-order valence-corrected chi connectivity index (χ4v) is 3.57. The SMILES string of the molecule is CCC(C(=O)N[C@@H](CC(=O)O)C(=O)COc1c(F)c(F)cc(F)c1F)n1ccc2ccccc2c1=O. The maximum atomic E-state index is 13.8. The second-order valence-electron chi connectivity index (χ2n) is 7.75. The molecule has 0 radical (unpaired) electrons. The summed E-state index contributed by atoms with van der Waals surface area (Å²) < 4.78 is 60.0. The minimum Gasteiger partial charge on any atom is -0.481 e. The fourth-order valence-electron chi connectivity index (χ4n) is 3.57. The third kappa shape index (κ3) is 5.53. The zero-order chi connectivity index (χ0) is 26.6. The molecule has 1 aromatic heterocycles. The largest absolute Gasteiger partial charge is 0.481 e. The van der Waals surface area contributed by atoms with Crippen LogP contribution in [-0.2, 0) is 14.4 Å². The molecule has 0 aliphatic carbocycles. The maximum Gasteiger partial charge on any atom is 0.305 e. The number of halogens is 4. The minimum atomic E-state index is -1.89. The van der Waals surface area contributed by atoms with Crippen LogP contribution in [0.1, 0.15) is 25.8 Å². The number of ketones is 1. The summed E-state index contributed by atoms with van der Waals surface area (Å²) in [7, 11) is 0. The van der Waals surface area contributed by atoms with Crippen molar-refractivity contribution in [2.75, 3.05) is 6.61 Å². The number of carbonyl (C=O) groups is 3. The molecule has 1 heterocycles. The molecule has 0 fully saturated rings. The van der Waals surface area contributed by atoms with Crippen molar-refractivity contribution < 1.29 is 41.8 Å². The number of ether oxygens (including phenoxy) is 1. The first kappa shape index (κ1) is 26.4. The summed E-state index contributed by atoms with van der Waals surface area (Å²) in [6, 6.07) is 5.36. The maximum absolute atomic E-state index is 13.8. The van der Waals surface area contributed by atoms with Gasteiger partial charge in [-0.2, -0.15) is 8.78 Å². The molecule has 8 nitrogen and oxygen atoms in total. The molecule has 190 valence electrons. The smallest absolute Gasteiger partial charge is 0.305 e. The number of carboxylic acid groups (broad SMARTS) is 1. The Morgan fingerprint density at radius 1 is 1.06 bits per heavy atom. The lowest BCUT2D eigenvalue weighted by Gasteiger charge is -2.22. The van der Waals surface area contributed by atoms with Crippen molar-refractivity contribution >= 4 is 28.4 Å². The number of hydrogen-bond donors (Lipinski definition) is 2. The lowest BCUT2D eigenvalue weighted by Crippen LogP contribution is -2.47. The van der Waals surface area contributed by atoms with Crippen molar-refractivity contribution in [2.24, 2.45) is 0 Å². The zero-order valence-electron chi connectivity index (χ0n) is 18.8. The number of carboxylic acids is 1. The predicted octanol–water partition coefficient (Wildman–Crippen LogP) is 3.12. The molecule has 0 aliphatic heterocycles. The van der Waals surface area contributed by atoms with Gasteiger partial charge in [0.05, 0.1) is 6.42 Å². The second kappa shape index (κ2) is 11.0. The molecule has 3 rings (SSSR count). The van der Waals surface area contributed by atoms with Gasteiger partial charge in [-0.3, -0.25) is 19.2 Å². The summed E-state index contributed by atoms with van der Waals surface area (Å²) in [6.07, 6.45) is 0.548. The van der Waals surface area contributed by atoms with Crippen molar-refractivity contribution in [1.82, 2.24) is 9.88 Å². The molecule has 2 atom stereocenters. The lowest BCUT2D eigenvalue weighted by molar-refractivity contribution is -0.140. The van der Waals surface area contributed by atoms with Gasteiger partial charge in [0.2, 0.25) is 17.5 Å². The van der Waals surface area contributed by atoms with Gasteiger partial charge in [-0.1, -0.05) is 25.1 Å². The number of pyridine rings is 1. The van der Waals surface area contributed by atoms with Gasteiger partial charge < -0.3 is 19.7 Å². The number of amides is 1. The number of nitrogens with zero attached hydrogens (tertiary/aromatic N) is 1. The Labute approximate surface area is 201 Å². The van der Waals surface area contributed by atoms with E-state index in [9.17, 15) is 36.7 Å². The third-order valence-electron chi connectivity index (χ3n) is 5.38. The molecule has 2 N–H and O–H groups in total. The summed E-state index contributed by atoms with van der Waals surface area (Å²) >= 11 is 0. The van der Waals surface area contributed by atoms with Gasteiger partial charge in [-0.25, -0.2) is 8.78 Å². The standard InChI is InChI=1S/C24H20F4N2O6/c1-2-17(30-8-7-12-5-3-4-6-13(12)24(30)35)23(34)29-16(10-19(32)33)18(31)11-36-22-20(27)14(25)9-15(26)21(22)28/h3-9,16-17H,2,10-11H2,1H3,(H,29,34)(H,32,33)/t16-,17?/m0/s1. The van der Waals surface area contributed by atoms with E-state index in [0.717, 1.165) is 4.57 Å². The highest BCUT2D eigenvalue weighted by molar-refractivity contribution is 5.93. The Bertz CT molecular complexity index is 1360. The van der Waals surface area contributed by atoms with Crippen molar-refractivity contribution in [3.63, 3.8) is 0 Å². The Hall–Kier alpha value is -4.22. The highest BCUT2D eigenvalue weighted by atomic mass is 19.2. The number of nitrogens with one attached hydrogen (secondary N) is 1. The molecule has 0 saturated carbocycles. The summed E-state index contributed by atoms with van der Waals surface area (Å²) in [5, 5.41) is 12.3. The molecule has 0 saturated heterocycles. The average molecular weight is 508 g/mol. The molecular weight excluding hydrogens is 488 g/mol. The lowest BCUT2D eigenvalue weighted by atomic mass is 10.1. The first-order chi connectivity index (χ1) is 17.0. The van der Waals surface area contributed by atoms with Crippen LogP contribution in [0.3, 0.4) is 0 Å². The van der Waals surface area contributed by atoms with E-state index in [-0.39, 0.29) is 12.5 Å². The quantitative estimate of drug-likeness (QED) is 0.321. The monoisotopic (exact) mass is 508 g/mol. The third-order valence-corrected chi connectivity index (χ3v) is 5.38. The van der Waals surface area contributed by atoms with Crippen LogP contribution in [0.25, 0.3) is 10.8 Å². The van der Waals surface area contributed by atoms with Crippen molar-refractivity contribution in [3.8, 4) is 5.75 Å². The highest BCUT2D eigenvalue weighted by Crippen LogP contribution is 2.26. The first-order valence-electron chi connectivity index (χ1n) is 10.7. The van der Waals surface area contributed by atoms with Gasteiger partial charge in [0.15, 0.2) is 23.2 Å². The summed E-state index contributed by atoms with van der Waals surface area (Å²) in [6.45, 7) is 0.384. The fraction of sp³-hybridized carbons (Fsp3) is 0.250. The second-order valence-corrected chi connectivity index (χ2v) is 7.75. The number of Topliss-reactive ketones (excluding diaryl/α,β-unsaturated/α-hetero) is 1. The van der Waals surface area contributed by atoms with E-state index < -0.39 is 77.3 Å². The molecule has 2 aromatic carbocycles. The molecule has 0 bridgehead atoms. The van der Waals surface area contributed by atoms with Crippen LogP contribution in [-0.4, -0.2) is 40.0 Å². The summed E-state index contributed by atoms with van der Waals surface area (Å²) in [5.74, 6) is -12.3. The van der Waals surface area contributed by atoms with Crippen LogP contribution >= 0.6 is 0 Å². The average Bonchev–Trinajstić information content (AvgIpc) is 2.84. The first-order valence-corrected chi connectivity index (χ1v) is 10.7. The van der Waals surface area contributed by atoms with Crippen LogP contribution in [0.5, 0.6) is 5.75 Å². The molecule has 1 amide bonds. The number of rotatable bonds is 10. The van der Waals surface area contributed by atoms with E-state index in [1.54, 1.807) is 37.3 Å². The minimum absolute atomic E-state index is 0.0492. The van der Waals surface area contributed by atoms with Gasteiger partial charge >= 0.3 is 5.97 Å². The number of benzene rings is 2. The van der Waals surface area contributed by atoms with Crippen LogP contribution < -0.4 is 15.6 Å². The van der Waals surface area contributed by atoms with Gasteiger partial charge in [0.1, 0.15) is 18.7 Å². The Kier molecular flexibility index (Phi) is 8.07. The topological polar surface area (TPSA) is 115 Å². The molecule has 0 aliphatic rings. The Morgan fingerprint density at radius 2 is 1.69 bits per heavy atom. The van der Waals surface area contributed by atoms with Gasteiger partial charge in [0.25, 0.3) is 5.56 Å². The number of carbonyl (C=O) groups excluding carboxylic acids is 2. The van der Waals surface area contributed by atoms with E-state index in [2.05, 4.69) is 10.1 Å². The van der Waals surface area contributed by atoms with E-state index in [0.29, 0.717) is 10.8 Å². The van der Waals surface area contributed by atoms with Crippen molar-refractivity contribution in [1.29, 1.82) is 0 Å². The van der Waals surface area contributed by atoms with E-state index in [1.807, 2.05) is 0 Å². The molecule has 0 spiro atoms. The van der Waals surface area contributed by atoms with E-state index in [4.69, 9.17) is 5.11 Å². The number of aliphatic carboxylic acids is 1. The summed E-state index contributed by atoms with van der Waals surface area (Å²) in [4.78, 5) is 49.7. The van der Waals surface area contributed by atoms with Crippen LogP contribution in [0, 0.1) is 23.3 Å². The van der Waals surface area contributed by atoms with Crippen LogP contribution in [0.15, 0.2) is 47.4 Å². The zero-order valence-corrected chi connectivity index (χ0v) is 18.8. The molecule has 3 aromatic rings. The molecular formula is C24H20F4N2O6. The highest BCUT2D eigenvalue weighted by Gasteiger charge is 2.29. The summed E-state index contributed by atoms with van der Waals surface area (Å²) in [5.41, 5.74) is -0.487. The number of fused-ring (bicyclic) bond motifs is 1. The van der Waals surface area contributed by atoms with Gasteiger partial charge in [-0.05, 0) is 23.9 Å². The van der Waals surface area contributed by atoms with Gasteiger partial charge in [-0.15, -0.1) is 0 Å². The Balaban J connectivity index is 1.82. The van der Waals surface area contributed by atoms with E-state index >= 15 is 0 Å². The Morgan fingerprint density at radius 3 is 2.31 bits per heavy atom. The predicted molar refractivity (Wildman–Crippen MR) is 118 cm³/mol. The van der Waals surface area contributed by atoms with Crippen molar-refractivity contribution in [3.05, 3.63) is 76.2 Å². The molecule has 1 unspecified atom stereocenters. The van der Waals surface area contributed by atoms with Gasteiger partial charge in [0, 0.05) is 17.6 Å². The van der Waals surface area contributed by atoms with E-state index in [1.165, 1.54) is 6.20 Å². The molecule has 36 heavy (non-hydrogen) atoms.